The molecule has 0 spiro atoms. The highest BCUT2D eigenvalue weighted by Crippen LogP contribution is 2.43. The number of hydrogen-bond acceptors (Lipinski definition) is 8. The Kier molecular flexibility index (Phi) is 48.0. The Morgan fingerprint density at radius 2 is 0.836 bits per heavy atom. The van der Waals surface area contributed by atoms with E-state index in [0.717, 1.165) is 32.1 Å². The number of phosphoric acid groups is 1. The van der Waals surface area contributed by atoms with Gasteiger partial charge in [0, 0.05) is 13.0 Å². The van der Waals surface area contributed by atoms with Gasteiger partial charge in [-0.2, -0.15) is 0 Å². The first-order valence-corrected chi connectivity index (χ1v) is 27.7. The molecule has 0 saturated heterocycles. The molecule has 0 saturated carbocycles. The van der Waals surface area contributed by atoms with Crippen molar-refractivity contribution in [3.63, 3.8) is 0 Å². The molecule has 0 rings (SSSR count). The minimum absolute atomic E-state index is 0.0547. The van der Waals surface area contributed by atoms with Crippen molar-refractivity contribution in [3.8, 4) is 0 Å². The standard InChI is InChI=1S/C51H101O9P/c1-3-5-7-9-11-13-15-17-19-21-23-24-25-26-28-30-32-34-36-38-40-42-44-57-47-50(48-59-61(55,56)58-46-49(53)45-52)60-51(54)43-41-39-37-35-33-31-29-27-22-20-18-16-14-12-10-8-6-4-2/h21,23,49-50,52-53H,3-20,22,24-48H2,1-2H3,(H,55,56)/b23-21-. The molecule has 364 valence electrons. The van der Waals surface area contributed by atoms with Gasteiger partial charge in [-0.05, 0) is 38.5 Å². The van der Waals surface area contributed by atoms with Crippen molar-refractivity contribution in [3.05, 3.63) is 12.2 Å². The summed E-state index contributed by atoms with van der Waals surface area (Å²) in [6.07, 6.45) is 51.8. The van der Waals surface area contributed by atoms with Crippen molar-refractivity contribution in [2.24, 2.45) is 0 Å². The van der Waals surface area contributed by atoms with Crippen molar-refractivity contribution >= 4 is 13.8 Å². The van der Waals surface area contributed by atoms with Crippen LogP contribution in [0.5, 0.6) is 0 Å². The van der Waals surface area contributed by atoms with Crippen molar-refractivity contribution in [2.45, 2.75) is 276 Å². The van der Waals surface area contributed by atoms with E-state index in [4.69, 9.17) is 23.6 Å². The van der Waals surface area contributed by atoms with Crippen LogP contribution in [0.4, 0.5) is 0 Å². The third kappa shape index (κ3) is 48.5. The van der Waals surface area contributed by atoms with Gasteiger partial charge < -0.3 is 24.6 Å². The van der Waals surface area contributed by atoms with Gasteiger partial charge in [-0.3, -0.25) is 13.8 Å². The molecule has 61 heavy (non-hydrogen) atoms. The topological polar surface area (TPSA) is 132 Å². The van der Waals surface area contributed by atoms with E-state index >= 15 is 0 Å². The molecule has 3 unspecified atom stereocenters. The fourth-order valence-corrected chi connectivity index (χ4v) is 8.50. The average Bonchev–Trinajstić information content (AvgIpc) is 3.25. The molecule has 3 N–H and O–H groups in total. The van der Waals surface area contributed by atoms with Gasteiger partial charge in [0.2, 0.25) is 0 Å². The number of aliphatic hydroxyl groups excluding tert-OH is 2. The quantitative estimate of drug-likeness (QED) is 0.0236. The number of hydrogen-bond donors (Lipinski definition) is 3. The van der Waals surface area contributed by atoms with Gasteiger partial charge in [-0.15, -0.1) is 0 Å². The van der Waals surface area contributed by atoms with Crippen LogP contribution in [0.1, 0.15) is 264 Å². The first-order chi connectivity index (χ1) is 29.8. The molecule has 0 aliphatic heterocycles. The van der Waals surface area contributed by atoms with Crippen LogP contribution in [-0.2, 0) is 27.9 Å². The fraction of sp³-hybridized carbons (Fsp3) is 0.941. The van der Waals surface area contributed by atoms with E-state index in [9.17, 15) is 19.4 Å². The maximum absolute atomic E-state index is 12.7. The third-order valence-electron chi connectivity index (χ3n) is 11.7. The molecule has 10 heteroatoms. The number of ether oxygens (including phenoxy) is 2. The zero-order valence-corrected chi connectivity index (χ0v) is 41.1. The van der Waals surface area contributed by atoms with Gasteiger partial charge in [0.05, 0.1) is 26.4 Å². The van der Waals surface area contributed by atoms with Gasteiger partial charge >= 0.3 is 13.8 Å². The Balaban J connectivity index is 4.02. The Morgan fingerprint density at radius 1 is 0.492 bits per heavy atom. The van der Waals surface area contributed by atoms with Crippen LogP contribution in [-0.4, -0.2) is 66.3 Å². The van der Waals surface area contributed by atoms with Gasteiger partial charge in [-0.25, -0.2) is 4.57 Å². The summed E-state index contributed by atoms with van der Waals surface area (Å²) in [5, 5.41) is 18.4. The summed E-state index contributed by atoms with van der Waals surface area (Å²) in [6, 6.07) is 0. The molecule has 0 radical (unpaired) electrons. The van der Waals surface area contributed by atoms with Gasteiger partial charge in [0.1, 0.15) is 12.2 Å². The summed E-state index contributed by atoms with van der Waals surface area (Å²) in [4.78, 5) is 22.7. The Morgan fingerprint density at radius 3 is 1.23 bits per heavy atom. The minimum atomic E-state index is -4.52. The molecular formula is C51H101O9P. The second kappa shape index (κ2) is 48.7. The van der Waals surface area contributed by atoms with Crippen LogP contribution in [0.15, 0.2) is 12.2 Å². The predicted octanol–water partition coefficient (Wildman–Crippen LogP) is 15.2. The Bertz CT molecular complexity index is 964. The van der Waals surface area contributed by atoms with Crippen molar-refractivity contribution in [1.82, 2.24) is 0 Å². The summed E-state index contributed by atoms with van der Waals surface area (Å²) >= 11 is 0. The fourth-order valence-electron chi connectivity index (χ4n) is 7.71. The van der Waals surface area contributed by atoms with E-state index < -0.39 is 33.2 Å². The molecular weight excluding hydrogens is 788 g/mol. The molecule has 0 aliphatic carbocycles. The summed E-state index contributed by atoms with van der Waals surface area (Å²) < 4.78 is 33.5. The molecule has 0 aromatic heterocycles. The highest BCUT2D eigenvalue weighted by atomic mass is 31.2. The minimum Gasteiger partial charge on any atom is -0.457 e. The van der Waals surface area contributed by atoms with Gasteiger partial charge in [0.15, 0.2) is 0 Å². The lowest BCUT2D eigenvalue weighted by Crippen LogP contribution is -2.29. The molecule has 0 amide bonds. The average molecular weight is 889 g/mol. The van der Waals surface area contributed by atoms with E-state index in [-0.39, 0.29) is 25.6 Å². The van der Waals surface area contributed by atoms with Crippen LogP contribution in [0.25, 0.3) is 0 Å². The number of phosphoric ester groups is 1. The first kappa shape index (κ1) is 60.2. The lowest BCUT2D eigenvalue weighted by atomic mass is 10.0. The Hall–Kier alpha value is -0.800. The second-order valence-corrected chi connectivity index (χ2v) is 19.4. The number of unbranched alkanes of at least 4 members (excludes halogenated alkanes) is 35. The molecule has 9 nitrogen and oxygen atoms in total. The maximum Gasteiger partial charge on any atom is 0.472 e. The number of carbonyl (C=O) groups is 1. The van der Waals surface area contributed by atoms with E-state index in [1.165, 1.54) is 212 Å². The number of esters is 1. The SMILES string of the molecule is CCCCCCCCCC/C=C\CCCCCCCCCCCCOCC(COP(=O)(O)OCC(O)CO)OC(=O)CCCCCCCCCCCCCCCCCCCC. The van der Waals surface area contributed by atoms with Crippen LogP contribution < -0.4 is 0 Å². The predicted molar refractivity (Wildman–Crippen MR) is 256 cm³/mol. The van der Waals surface area contributed by atoms with Crippen LogP contribution in [0.2, 0.25) is 0 Å². The summed E-state index contributed by atoms with van der Waals surface area (Å²) in [7, 11) is -4.52. The number of allylic oxidation sites excluding steroid dienone is 2. The van der Waals surface area contributed by atoms with Crippen LogP contribution >= 0.6 is 7.82 Å². The highest BCUT2D eigenvalue weighted by Gasteiger charge is 2.26. The zero-order valence-electron chi connectivity index (χ0n) is 40.2. The largest absolute Gasteiger partial charge is 0.472 e. The molecule has 0 aromatic carbocycles. The lowest BCUT2D eigenvalue weighted by Gasteiger charge is -2.20. The normalized spacial score (nSPS) is 13.9. The highest BCUT2D eigenvalue weighted by molar-refractivity contribution is 7.47. The number of aliphatic hydroxyl groups is 2. The summed E-state index contributed by atoms with van der Waals surface area (Å²) in [5.74, 6) is -0.376. The van der Waals surface area contributed by atoms with E-state index in [1.807, 2.05) is 0 Å². The number of rotatable bonds is 51. The molecule has 0 aromatic rings. The first-order valence-electron chi connectivity index (χ1n) is 26.2. The van der Waals surface area contributed by atoms with Crippen LogP contribution in [0, 0.1) is 0 Å². The van der Waals surface area contributed by atoms with E-state index in [2.05, 4.69) is 26.0 Å². The van der Waals surface area contributed by atoms with E-state index in [0.29, 0.717) is 6.61 Å². The van der Waals surface area contributed by atoms with Crippen molar-refractivity contribution in [1.29, 1.82) is 0 Å². The smallest absolute Gasteiger partial charge is 0.457 e. The molecule has 0 heterocycles. The van der Waals surface area contributed by atoms with Gasteiger partial charge in [0.25, 0.3) is 0 Å². The van der Waals surface area contributed by atoms with Crippen molar-refractivity contribution < 1.29 is 43.0 Å². The summed E-state index contributed by atoms with van der Waals surface area (Å²) in [6.45, 7) is 3.59. The monoisotopic (exact) mass is 889 g/mol. The number of carbonyl (C=O) groups excluding carboxylic acids is 1. The maximum atomic E-state index is 12.7. The third-order valence-corrected chi connectivity index (χ3v) is 12.7. The molecule has 0 aliphatic rings. The zero-order chi connectivity index (χ0) is 44.6. The van der Waals surface area contributed by atoms with Crippen molar-refractivity contribution in [2.75, 3.05) is 33.0 Å². The molecule has 0 bridgehead atoms. The molecule has 3 atom stereocenters. The second-order valence-electron chi connectivity index (χ2n) is 17.9. The van der Waals surface area contributed by atoms with E-state index in [1.54, 1.807) is 0 Å². The molecule has 0 fully saturated rings. The Labute approximate surface area is 377 Å². The summed E-state index contributed by atoms with van der Waals surface area (Å²) in [5.41, 5.74) is 0. The van der Waals surface area contributed by atoms with Gasteiger partial charge in [-0.1, -0.05) is 231 Å². The van der Waals surface area contributed by atoms with Crippen LogP contribution in [0.3, 0.4) is 0 Å². The lowest BCUT2D eigenvalue weighted by molar-refractivity contribution is -0.154.